The van der Waals surface area contributed by atoms with Crippen LogP contribution in [0.25, 0.3) is 22.2 Å². The van der Waals surface area contributed by atoms with Crippen LogP contribution in [0.15, 0.2) is 91.3 Å². The minimum Gasteiger partial charge on any atom is -0.497 e. The third-order valence-corrected chi connectivity index (χ3v) is 6.77. The molecule has 0 radical (unpaired) electrons. The van der Waals surface area contributed by atoms with E-state index in [1.54, 1.807) is 42.5 Å². The Kier molecular flexibility index (Phi) is 5.69. The number of imidazole rings is 1. The summed E-state index contributed by atoms with van der Waals surface area (Å²) >= 11 is 0. The minimum atomic E-state index is -0.541. The summed E-state index contributed by atoms with van der Waals surface area (Å²) in [5.41, 5.74) is 4.28. The number of aromatic nitrogens is 3. The quantitative estimate of drug-likeness (QED) is 0.320. The Labute approximate surface area is 213 Å². The van der Waals surface area contributed by atoms with Gasteiger partial charge in [-0.15, -0.1) is 0 Å². The summed E-state index contributed by atoms with van der Waals surface area (Å²) in [7, 11) is 1.58. The standard InChI is InChI=1S/C29H25N5O3/c1-37-22-13-11-21(12-14-22)34-27(35)15-26(28-31-17-25(32-28)19-7-3-2-4-8-19)33(29(34)36)18-20-16-30-24-10-6-5-9-23(20)24/h2-14,16-17,26,30H,15,18H2,1H3,(H,31,32). The summed E-state index contributed by atoms with van der Waals surface area (Å²) in [6, 6.07) is 23.8. The van der Waals surface area contributed by atoms with Gasteiger partial charge in [-0.25, -0.2) is 14.7 Å². The second-order valence-electron chi connectivity index (χ2n) is 8.97. The van der Waals surface area contributed by atoms with Crippen molar-refractivity contribution in [3.63, 3.8) is 0 Å². The highest BCUT2D eigenvalue weighted by Crippen LogP contribution is 2.35. The van der Waals surface area contributed by atoms with E-state index in [-0.39, 0.29) is 12.3 Å². The summed E-state index contributed by atoms with van der Waals surface area (Å²) in [4.78, 5) is 41.5. The maximum absolute atomic E-state index is 14.0. The van der Waals surface area contributed by atoms with Gasteiger partial charge in [-0.1, -0.05) is 48.5 Å². The zero-order valence-corrected chi connectivity index (χ0v) is 20.2. The number of nitrogens with one attached hydrogen (secondary N) is 2. The normalized spacial score (nSPS) is 16.0. The molecule has 0 saturated carbocycles. The molecule has 5 aromatic rings. The number of urea groups is 1. The molecule has 0 spiro atoms. The third kappa shape index (κ3) is 4.12. The van der Waals surface area contributed by atoms with Crippen molar-refractivity contribution in [3.8, 4) is 17.0 Å². The van der Waals surface area contributed by atoms with Crippen LogP contribution in [0.5, 0.6) is 5.75 Å². The van der Waals surface area contributed by atoms with E-state index in [4.69, 9.17) is 4.74 Å². The van der Waals surface area contributed by atoms with Crippen molar-refractivity contribution >= 4 is 28.5 Å². The predicted octanol–water partition coefficient (Wildman–Crippen LogP) is 5.67. The largest absolute Gasteiger partial charge is 0.497 e. The van der Waals surface area contributed by atoms with Gasteiger partial charge >= 0.3 is 6.03 Å². The second kappa shape index (κ2) is 9.31. The van der Waals surface area contributed by atoms with Crippen LogP contribution in [-0.4, -0.2) is 38.9 Å². The Morgan fingerprint density at radius 1 is 0.973 bits per heavy atom. The van der Waals surface area contributed by atoms with Crippen LogP contribution in [0.2, 0.25) is 0 Å². The minimum absolute atomic E-state index is 0.0991. The van der Waals surface area contributed by atoms with Crippen molar-refractivity contribution in [3.05, 3.63) is 103 Å². The first-order chi connectivity index (χ1) is 18.1. The van der Waals surface area contributed by atoms with E-state index in [0.29, 0.717) is 23.8 Å². The van der Waals surface area contributed by atoms with Crippen LogP contribution in [0, 0.1) is 0 Å². The third-order valence-electron chi connectivity index (χ3n) is 6.77. The number of H-pyrrole nitrogens is 2. The van der Waals surface area contributed by atoms with Gasteiger partial charge in [-0.3, -0.25) is 4.79 Å². The molecular weight excluding hydrogens is 466 g/mol. The number of nitrogens with zero attached hydrogens (tertiary/aromatic N) is 3. The van der Waals surface area contributed by atoms with Crippen LogP contribution in [0.3, 0.4) is 0 Å². The first-order valence-corrected chi connectivity index (χ1v) is 12.1. The molecule has 1 fully saturated rings. The number of anilines is 1. The average molecular weight is 492 g/mol. The Bertz CT molecular complexity index is 1570. The number of aromatic amines is 2. The van der Waals surface area contributed by atoms with E-state index in [2.05, 4.69) is 15.0 Å². The van der Waals surface area contributed by atoms with Gasteiger partial charge < -0.3 is 19.6 Å². The average Bonchev–Trinajstić information content (AvgIpc) is 3.59. The fourth-order valence-corrected chi connectivity index (χ4v) is 4.86. The van der Waals surface area contributed by atoms with Crippen LogP contribution in [0.4, 0.5) is 10.5 Å². The molecule has 3 aromatic carbocycles. The number of amides is 3. The topological polar surface area (TPSA) is 94.3 Å². The summed E-state index contributed by atoms with van der Waals surface area (Å²) in [5, 5.41) is 1.03. The lowest BCUT2D eigenvalue weighted by Gasteiger charge is -2.39. The van der Waals surface area contributed by atoms with Gasteiger partial charge in [0, 0.05) is 17.1 Å². The summed E-state index contributed by atoms with van der Waals surface area (Å²) in [6.07, 6.45) is 3.77. The van der Waals surface area contributed by atoms with Crippen molar-refractivity contribution in [1.82, 2.24) is 19.9 Å². The Hall–Kier alpha value is -4.85. The molecule has 3 heterocycles. The van der Waals surface area contributed by atoms with Gasteiger partial charge in [0.05, 0.1) is 37.7 Å². The molecule has 6 rings (SSSR count). The zero-order valence-electron chi connectivity index (χ0n) is 20.2. The monoisotopic (exact) mass is 491 g/mol. The number of benzene rings is 3. The van der Waals surface area contributed by atoms with Gasteiger partial charge in [-0.2, -0.15) is 0 Å². The highest BCUT2D eigenvalue weighted by molar-refractivity contribution is 6.16. The molecule has 1 unspecified atom stereocenters. The van der Waals surface area contributed by atoms with Gasteiger partial charge in [0.25, 0.3) is 0 Å². The Balaban J connectivity index is 1.39. The number of carbonyl (C=O) groups excluding carboxylic acids is 2. The van der Waals surface area contributed by atoms with Crippen LogP contribution < -0.4 is 9.64 Å². The zero-order chi connectivity index (χ0) is 25.4. The van der Waals surface area contributed by atoms with E-state index in [1.165, 1.54) is 4.90 Å². The lowest BCUT2D eigenvalue weighted by Crippen LogP contribution is -2.53. The fourth-order valence-electron chi connectivity index (χ4n) is 4.86. The van der Waals surface area contributed by atoms with Gasteiger partial charge in [-0.05, 0) is 41.5 Å². The molecule has 3 amide bonds. The fraction of sp³-hybridized carbons (Fsp3) is 0.138. The van der Waals surface area contributed by atoms with Gasteiger partial charge in [0.15, 0.2) is 0 Å². The van der Waals surface area contributed by atoms with E-state index in [0.717, 1.165) is 27.7 Å². The summed E-state index contributed by atoms with van der Waals surface area (Å²) in [6.45, 7) is 0.314. The molecule has 0 bridgehead atoms. The smallest absolute Gasteiger partial charge is 0.332 e. The highest BCUT2D eigenvalue weighted by Gasteiger charge is 2.42. The number of carbonyl (C=O) groups is 2. The maximum atomic E-state index is 14.0. The van der Waals surface area contributed by atoms with Gasteiger partial charge in [0.1, 0.15) is 17.6 Å². The van der Waals surface area contributed by atoms with Crippen molar-refractivity contribution in [2.75, 3.05) is 12.0 Å². The van der Waals surface area contributed by atoms with E-state index < -0.39 is 12.1 Å². The van der Waals surface area contributed by atoms with E-state index in [9.17, 15) is 9.59 Å². The summed E-state index contributed by atoms with van der Waals surface area (Å²) in [5.74, 6) is 0.945. The molecule has 1 aliphatic rings. The number of para-hydroxylation sites is 1. The van der Waals surface area contributed by atoms with Crippen LogP contribution in [0.1, 0.15) is 23.9 Å². The number of hydrogen-bond acceptors (Lipinski definition) is 4. The van der Waals surface area contributed by atoms with Crippen molar-refractivity contribution in [2.45, 2.75) is 19.0 Å². The van der Waals surface area contributed by atoms with Crippen molar-refractivity contribution in [1.29, 1.82) is 0 Å². The highest BCUT2D eigenvalue weighted by atomic mass is 16.5. The van der Waals surface area contributed by atoms with E-state index >= 15 is 0 Å². The van der Waals surface area contributed by atoms with Crippen molar-refractivity contribution in [2.24, 2.45) is 0 Å². The predicted molar refractivity (Wildman–Crippen MR) is 141 cm³/mol. The molecule has 2 N–H and O–H groups in total. The lowest BCUT2D eigenvalue weighted by atomic mass is 10.0. The lowest BCUT2D eigenvalue weighted by molar-refractivity contribution is -0.120. The first kappa shape index (κ1) is 22.6. The van der Waals surface area contributed by atoms with Crippen LogP contribution >= 0.6 is 0 Å². The van der Waals surface area contributed by atoms with Crippen molar-refractivity contribution < 1.29 is 14.3 Å². The number of ether oxygens (including phenoxy) is 1. The SMILES string of the molecule is COc1ccc(N2C(=O)CC(c3ncc(-c4ccccc4)[nH]3)N(Cc3c[nH]c4ccccc34)C2=O)cc1. The molecule has 2 aromatic heterocycles. The molecule has 8 nitrogen and oxygen atoms in total. The Morgan fingerprint density at radius 3 is 2.51 bits per heavy atom. The molecule has 184 valence electrons. The molecule has 37 heavy (non-hydrogen) atoms. The molecular formula is C29H25N5O3. The number of fused-ring (bicyclic) bond motifs is 1. The number of imide groups is 1. The molecule has 1 atom stereocenters. The molecule has 1 saturated heterocycles. The Morgan fingerprint density at radius 2 is 1.73 bits per heavy atom. The van der Waals surface area contributed by atoms with Gasteiger partial charge in [0.2, 0.25) is 5.91 Å². The van der Waals surface area contributed by atoms with E-state index in [1.807, 2.05) is 60.8 Å². The van der Waals surface area contributed by atoms with Crippen LogP contribution in [-0.2, 0) is 11.3 Å². The molecule has 1 aliphatic heterocycles. The second-order valence-corrected chi connectivity index (χ2v) is 8.97. The number of rotatable bonds is 6. The maximum Gasteiger partial charge on any atom is 0.332 e. The first-order valence-electron chi connectivity index (χ1n) is 12.1. The number of hydrogen-bond donors (Lipinski definition) is 2. The number of methoxy groups -OCH3 is 1. The molecule has 0 aliphatic carbocycles. The molecule has 8 heteroatoms. The summed E-state index contributed by atoms with van der Waals surface area (Å²) < 4.78 is 5.24.